The van der Waals surface area contributed by atoms with Crippen molar-refractivity contribution in [2.24, 2.45) is 11.8 Å². The smallest absolute Gasteiger partial charge is 0.132 e. The molecule has 144 valence electrons. The summed E-state index contributed by atoms with van der Waals surface area (Å²) < 4.78 is 33.1. The van der Waals surface area contributed by atoms with E-state index in [9.17, 15) is 8.78 Å². The molecular formula is C24H28F2O. The van der Waals surface area contributed by atoms with Gasteiger partial charge in [0, 0.05) is 12.7 Å². The molecule has 0 atom stereocenters. The lowest BCUT2D eigenvalue weighted by molar-refractivity contribution is 0.177. The summed E-state index contributed by atoms with van der Waals surface area (Å²) in [6, 6.07) is 10.8. The van der Waals surface area contributed by atoms with Crippen LogP contribution in [0.3, 0.4) is 0 Å². The van der Waals surface area contributed by atoms with E-state index in [1.165, 1.54) is 56.9 Å². The van der Waals surface area contributed by atoms with Crippen molar-refractivity contribution in [2.75, 3.05) is 7.11 Å². The van der Waals surface area contributed by atoms with Gasteiger partial charge in [-0.25, -0.2) is 8.78 Å². The lowest BCUT2D eigenvalue weighted by Crippen LogP contribution is -2.13. The van der Waals surface area contributed by atoms with Gasteiger partial charge < -0.3 is 4.74 Å². The minimum Gasteiger partial charge on any atom is -0.380 e. The molecule has 1 aliphatic carbocycles. The van der Waals surface area contributed by atoms with Crippen molar-refractivity contribution in [1.29, 1.82) is 0 Å². The first-order valence-corrected chi connectivity index (χ1v) is 9.79. The summed E-state index contributed by atoms with van der Waals surface area (Å²) in [6.45, 7) is 3.84. The van der Waals surface area contributed by atoms with Crippen molar-refractivity contribution in [3.05, 3.63) is 71.8 Å². The van der Waals surface area contributed by atoms with E-state index in [4.69, 9.17) is 4.74 Å². The molecule has 2 aromatic carbocycles. The molecule has 27 heavy (non-hydrogen) atoms. The molecule has 0 radical (unpaired) electrons. The van der Waals surface area contributed by atoms with Crippen LogP contribution in [0.2, 0.25) is 0 Å². The highest BCUT2D eigenvalue weighted by Crippen LogP contribution is 2.32. The molecule has 0 amide bonds. The number of halogens is 2. The SMILES string of the molecule is C=CC1CCC(CCc2ccc(-c3cc(F)c(COC)c(F)c3)cc2)CC1. The minimum absolute atomic E-state index is 0.0240. The molecule has 0 saturated heterocycles. The zero-order valence-electron chi connectivity index (χ0n) is 16.0. The zero-order chi connectivity index (χ0) is 19.2. The van der Waals surface area contributed by atoms with Crippen LogP contribution >= 0.6 is 0 Å². The second-order valence-corrected chi connectivity index (χ2v) is 7.60. The summed E-state index contributed by atoms with van der Waals surface area (Å²) in [5, 5.41) is 0. The molecule has 1 nitrogen and oxygen atoms in total. The largest absolute Gasteiger partial charge is 0.380 e. The van der Waals surface area contributed by atoms with E-state index in [1.54, 1.807) is 0 Å². The molecule has 1 fully saturated rings. The average molecular weight is 370 g/mol. The Kier molecular flexibility index (Phi) is 6.78. The third-order valence-electron chi connectivity index (χ3n) is 5.78. The van der Waals surface area contributed by atoms with Gasteiger partial charge in [0.2, 0.25) is 0 Å². The lowest BCUT2D eigenvalue weighted by atomic mass is 9.79. The fourth-order valence-corrected chi connectivity index (χ4v) is 4.00. The monoisotopic (exact) mass is 370 g/mol. The van der Waals surface area contributed by atoms with Crippen LogP contribution in [-0.4, -0.2) is 7.11 Å². The molecule has 1 aliphatic rings. The van der Waals surface area contributed by atoms with Crippen LogP contribution in [0.1, 0.15) is 43.2 Å². The molecule has 0 aromatic heterocycles. The fraction of sp³-hybridized carbons (Fsp3) is 0.417. The van der Waals surface area contributed by atoms with Gasteiger partial charge in [0.05, 0.1) is 6.61 Å². The fourth-order valence-electron chi connectivity index (χ4n) is 4.00. The second-order valence-electron chi connectivity index (χ2n) is 7.60. The molecule has 0 bridgehead atoms. The number of hydrogen-bond acceptors (Lipinski definition) is 1. The highest BCUT2D eigenvalue weighted by molar-refractivity contribution is 5.64. The van der Waals surface area contributed by atoms with Gasteiger partial charge >= 0.3 is 0 Å². The van der Waals surface area contributed by atoms with Gasteiger partial charge in [-0.3, -0.25) is 0 Å². The maximum absolute atomic E-state index is 14.1. The van der Waals surface area contributed by atoms with E-state index < -0.39 is 11.6 Å². The molecule has 3 rings (SSSR count). The summed E-state index contributed by atoms with van der Waals surface area (Å²) in [7, 11) is 1.43. The summed E-state index contributed by atoms with van der Waals surface area (Å²) in [5.74, 6) is 0.381. The minimum atomic E-state index is -0.564. The Hall–Kier alpha value is -2.00. The number of hydrogen-bond donors (Lipinski definition) is 0. The predicted molar refractivity (Wildman–Crippen MR) is 106 cm³/mol. The topological polar surface area (TPSA) is 9.23 Å². The van der Waals surface area contributed by atoms with Gasteiger partial charge in [0.1, 0.15) is 11.6 Å². The number of rotatable bonds is 7. The van der Waals surface area contributed by atoms with Gasteiger partial charge in [-0.1, -0.05) is 30.3 Å². The van der Waals surface area contributed by atoms with Crippen molar-refractivity contribution in [3.63, 3.8) is 0 Å². The van der Waals surface area contributed by atoms with Crippen molar-refractivity contribution in [1.82, 2.24) is 0 Å². The first kappa shape index (κ1) is 19.8. The zero-order valence-corrected chi connectivity index (χ0v) is 16.0. The van der Waals surface area contributed by atoms with Crippen molar-refractivity contribution in [2.45, 2.75) is 45.1 Å². The molecule has 0 unspecified atom stereocenters. The third kappa shape index (κ3) is 5.04. The maximum atomic E-state index is 14.1. The van der Waals surface area contributed by atoms with Crippen LogP contribution in [-0.2, 0) is 17.8 Å². The van der Waals surface area contributed by atoms with E-state index in [0.29, 0.717) is 11.5 Å². The van der Waals surface area contributed by atoms with Gasteiger partial charge in [-0.05, 0) is 79.2 Å². The number of ether oxygens (including phenoxy) is 1. The van der Waals surface area contributed by atoms with Gasteiger partial charge in [-0.15, -0.1) is 6.58 Å². The van der Waals surface area contributed by atoms with Crippen LogP contribution in [0.5, 0.6) is 0 Å². The molecule has 0 spiro atoms. The molecule has 2 aromatic rings. The van der Waals surface area contributed by atoms with Gasteiger partial charge in [0.25, 0.3) is 0 Å². The Morgan fingerprint density at radius 1 is 1.00 bits per heavy atom. The summed E-state index contributed by atoms with van der Waals surface area (Å²) in [5.41, 5.74) is 2.64. The van der Waals surface area contributed by atoms with E-state index >= 15 is 0 Å². The van der Waals surface area contributed by atoms with Crippen molar-refractivity contribution >= 4 is 0 Å². The number of methoxy groups -OCH3 is 1. The summed E-state index contributed by atoms with van der Waals surface area (Å²) >= 11 is 0. The Bertz CT molecular complexity index is 735. The van der Waals surface area contributed by atoms with Crippen LogP contribution in [0.25, 0.3) is 11.1 Å². The van der Waals surface area contributed by atoms with E-state index in [-0.39, 0.29) is 12.2 Å². The Balaban J connectivity index is 1.61. The first-order valence-electron chi connectivity index (χ1n) is 9.79. The van der Waals surface area contributed by atoms with Crippen LogP contribution in [0.4, 0.5) is 8.78 Å². The molecule has 0 N–H and O–H groups in total. The summed E-state index contributed by atoms with van der Waals surface area (Å²) in [6.07, 6.45) is 9.48. The van der Waals surface area contributed by atoms with Crippen molar-refractivity contribution < 1.29 is 13.5 Å². The highest BCUT2D eigenvalue weighted by atomic mass is 19.1. The second kappa shape index (κ2) is 9.27. The maximum Gasteiger partial charge on any atom is 0.132 e. The van der Waals surface area contributed by atoms with Gasteiger partial charge in [0.15, 0.2) is 0 Å². The first-order chi connectivity index (χ1) is 13.1. The standard InChI is InChI=1S/C24H28F2O/c1-3-17-4-6-18(7-5-17)8-9-19-10-12-20(13-11-19)21-14-23(25)22(16-27-2)24(26)15-21/h3,10-15,17-18H,1,4-9,16H2,2H3. The predicted octanol–water partition coefficient (Wildman–Crippen LogP) is 6.70. The highest BCUT2D eigenvalue weighted by Gasteiger charge is 2.19. The molecule has 3 heteroatoms. The Morgan fingerprint density at radius 3 is 2.19 bits per heavy atom. The normalized spacial score (nSPS) is 19.8. The summed E-state index contributed by atoms with van der Waals surface area (Å²) in [4.78, 5) is 0. The third-order valence-corrected chi connectivity index (χ3v) is 5.78. The molecule has 0 heterocycles. The van der Waals surface area contributed by atoms with E-state index in [0.717, 1.165) is 17.9 Å². The van der Waals surface area contributed by atoms with E-state index in [1.807, 2.05) is 12.1 Å². The van der Waals surface area contributed by atoms with E-state index in [2.05, 4.69) is 24.8 Å². The lowest BCUT2D eigenvalue weighted by Gasteiger charge is -2.26. The van der Waals surface area contributed by atoms with Crippen molar-refractivity contribution in [3.8, 4) is 11.1 Å². The Labute approximate surface area is 161 Å². The Morgan fingerprint density at radius 2 is 1.63 bits per heavy atom. The number of aryl methyl sites for hydroxylation is 1. The molecule has 0 aliphatic heterocycles. The molecule has 1 saturated carbocycles. The van der Waals surface area contributed by atoms with Crippen LogP contribution in [0, 0.1) is 23.5 Å². The average Bonchev–Trinajstić information content (AvgIpc) is 2.70. The number of benzene rings is 2. The molecular weight excluding hydrogens is 342 g/mol. The van der Waals surface area contributed by atoms with Crippen LogP contribution in [0.15, 0.2) is 49.1 Å². The quantitative estimate of drug-likeness (QED) is 0.493. The number of allylic oxidation sites excluding steroid dienone is 1. The van der Waals surface area contributed by atoms with Crippen LogP contribution < -0.4 is 0 Å². The van der Waals surface area contributed by atoms with Gasteiger partial charge in [-0.2, -0.15) is 0 Å².